The molecule has 0 unspecified atom stereocenters. The van der Waals surface area contributed by atoms with Crippen molar-refractivity contribution in [3.63, 3.8) is 0 Å². The maximum Gasteiger partial charge on any atom is 0.0648 e. The van der Waals surface area contributed by atoms with Crippen molar-refractivity contribution in [1.29, 1.82) is 0 Å². The molecule has 5 nitrogen and oxygen atoms in total. The molecular weight excluding hydrogens is 254 g/mol. The standard InChI is InChI=1S/C15H19N3O2/c19-10-15(11-20-12-15)9-16-8-13-3-1-4-14(7-13)18-6-2-5-17-18/h1-7,16,19H,8-12H2. The number of aliphatic hydroxyl groups is 1. The molecule has 2 aromatic rings. The van der Waals surface area contributed by atoms with Crippen molar-refractivity contribution in [3.05, 3.63) is 48.3 Å². The van der Waals surface area contributed by atoms with E-state index in [-0.39, 0.29) is 12.0 Å². The Morgan fingerprint density at radius 1 is 1.35 bits per heavy atom. The average molecular weight is 273 g/mol. The monoisotopic (exact) mass is 273 g/mol. The first kappa shape index (κ1) is 13.3. The third kappa shape index (κ3) is 2.75. The van der Waals surface area contributed by atoms with E-state index in [2.05, 4.69) is 22.5 Å². The maximum absolute atomic E-state index is 9.37. The number of hydrogen-bond donors (Lipinski definition) is 2. The lowest BCUT2D eigenvalue weighted by atomic mass is 9.87. The third-order valence-corrected chi connectivity index (χ3v) is 3.66. The SMILES string of the molecule is OCC1(CNCc2cccc(-n3cccn3)c2)COC1. The average Bonchev–Trinajstić information content (AvgIpc) is 2.96. The van der Waals surface area contributed by atoms with Gasteiger partial charge in [-0.05, 0) is 23.8 Å². The largest absolute Gasteiger partial charge is 0.396 e. The second kappa shape index (κ2) is 5.75. The number of benzene rings is 1. The van der Waals surface area contributed by atoms with Gasteiger partial charge in [-0.25, -0.2) is 4.68 Å². The van der Waals surface area contributed by atoms with Gasteiger partial charge in [-0.1, -0.05) is 12.1 Å². The van der Waals surface area contributed by atoms with Gasteiger partial charge in [0.2, 0.25) is 0 Å². The molecule has 0 atom stereocenters. The number of rotatable bonds is 6. The highest BCUT2D eigenvalue weighted by Gasteiger charge is 2.37. The van der Waals surface area contributed by atoms with E-state index in [1.54, 1.807) is 6.20 Å². The summed E-state index contributed by atoms with van der Waals surface area (Å²) in [6.45, 7) is 3.01. The Morgan fingerprint density at radius 3 is 2.90 bits per heavy atom. The predicted molar refractivity (Wildman–Crippen MR) is 75.6 cm³/mol. The Balaban J connectivity index is 1.59. The lowest BCUT2D eigenvalue weighted by molar-refractivity contribution is -0.134. The molecule has 1 aromatic carbocycles. The molecule has 2 heterocycles. The Morgan fingerprint density at radius 2 is 2.25 bits per heavy atom. The lowest BCUT2D eigenvalue weighted by Crippen LogP contribution is -2.52. The summed E-state index contributed by atoms with van der Waals surface area (Å²) >= 11 is 0. The smallest absolute Gasteiger partial charge is 0.0648 e. The zero-order valence-corrected chi connectivity index (χ0v) is 11.3. The molecule has 1 fully saturated rings. The number of aromatic nitrogens is 2. The minimum atomic E-state index is -0.0837. The first-order chi connectivity index (χ1) is 9.81. The molecule has 0 radical (unpaired) electrons. The van der Waals surface area contributed by atoms with E-state index < -0.39 is 0 Å². The molecule has 20 heavy (non-hydrogen) atoms. The molecular formula is C15H19N3O2. The molecule has 1 aromatic heterocycles. The second-order valence-electron chi connectivity index (χ2n) is 5.38. The first-order valence-corrected chi connectivity index (χ1v) is 6.80. The van der Waals surface area contributed by atoms with Crippen LogP contribution >= 0.6 is 0 Å². The van der Waals surface area contributed by atoms with Crippen LogP contribution in [-0.2, 0) is 11.3 Å². The highest BCUT2D eigenvalue weighted by molar-refractivity contribution is 5.34. The lowest BCUT2D eigenvalue weighted by Gasteiger charge is -2.40. The van der Waals surface area contributed by atoms with Crippen LogP contribution in [0.1, 0.15) is 5.56 Å². The molecule has 1 aliphatic heterocycles. The van der Waals surface area contributed by atoms with Gasteiger partial charge in [-0.15, -0.1) is 0 Å². The van der Waals surface area contributed by atoms with E-state index in [0.717, 1.165) is 18.8 Å². The Bertz CT molecular complexity index is 544. The fourth-order valence-electron chi connectivity index (χ4n) is 2.34. The minimum absolute atomic E-state index is 0.0837. The van der Waals surface area contributed by atoms with Gasteiger partial charge in [0.1, 0.15) is 0 Å². The molecule has 0 saturated carbocycles. The topological polar surface area (TPSA) is 59.3 Å². The minimum Gasteiger partial charge on any atom is -0.396 e. The maximum atomic E-state index is 9.37. The normalized spacial score (nSPS) is 16.9. The van der Waals surface area contributed by atoms with Crippen LogP contribution in [0.25, 0.3) is 5.69 Å². The van der Waals surface area contributed by atoms with Crippen LogP contribution in [0, 0.1) is 5.41 Å². The van der Waals surface area contributed by atoms with Gasteiger partial charge < -0.3 is 15.2 Å². The van der Waals surface area contributed by atoms with Crippen LogP contribution in [0.5, 0.6) is 0 Å². The van der Waals surface area contributed by atoms with Crippen molar-refractivity contribution < 1.29 is 9.84 Å². The molecule has 0 bridgehead atoms. The van der Waals surface area contributed by atoms with Crippen molar-refractivity contribution in [1.82, 2.24) is 15.1 Å². The summed E-state index contributed by atoms with van der Waals surface area (Å²) in [4.78, 5) is 0. The molecule has 0 aliphatic carbocycles. The van der Waals surface area contributed by atoms with E-state index in [9.17, 15) is 5.11 Å². The highest BCUT2D eigenvalue weighted by atomic mass is 16.5. The summed E-state index contributed by atoms with van der Waals surface area (Å²) in [6.07, 6.45) is 3.70. The van der Waals surface area contributed by atoms with Crippen molar-refractivity contribution >= 4 is 0 Å². The number of nitrogens with zero attached hydrogens (tertiary/aromatic N) is 2. The van der Waals surface area contributed by atoms with Crippen molar-refractivity contribution in [2.45, 2.75) is 6.54 Å². The quantitative estimate of drug-likeness (QED) is 0.823. The summed E-state index contributed by atoms with van der Waals surface area (Å²) in [7, 11) is 0. The van der Waals surface area contributed by atoms with Gasteiger partial charge in [-0.3, -0.25) is 0 Å². The summed E-state index contributed by atoms with van der Waals surface area (Å²) < 4.78 is 7.03. The van der Waals surface area contributed by atoms with E-state index in [0.29, 0.717) is 13.2 Å². The summed E-state index contributed by atoms with van der Waals surface area (Å²) in [5, 5.41) is 17.0. The molecule has 2 N–H and O–H groups in total. The van der Waals surface area contributed by atoms with Crippen LogP contribution in [0.15, 0.2) is 42.7 Å². The van der Waals surface area contributed by atoms with Crippen LogP contribution in [-0.4, -0.2) is 41.3 Å². The van der Waals surface area contributed by atoms with Crippen LogP contribution in [0.4, 0.5) is 0 Å². The van der Waals surface area contributed by atoms with Gasteiger partial charge in [0, 0.05) is 25.5 Å². The molecule has 0 amide bonds. The predicted octanol–water partition coefficient (Wildman–Crippen LogP) is 0.971. The molecule has 5 heteroatoms. The fraction of sp³-hybridized carbons (Fsp3) is 0.400. The Hall–Kier alpha value is -1.69. The second-order valence-corrected chi connectivity index (χ2v) is 5.38. The van der Waals surface area contributed by atoms with Crippen LogP contribution < -0.4 is 5.32 Å². The Labute approximate surface area is 118 Å². The zero-order valence-electron chi connectivity index (χ0n) is 11.3. The van der Waals surface area contributed by atoms with Gasteiger partial charge in [-0.2, -0.15) is 5.10 Å². The third-order valence-electron chi connectivity index (χ3n) is 3.66. The van der Waals surface area contributed by atoms with E-state index in [4.69, 9.17) is 4.74 Å². The molecule has 106 valence electrons. The summed E-state index contributed by atoms with van der Waals surface area (Å²) in [6, 6.07) is 10.2. The number of hydrogen-bond acceptors (Lipinski definition) is 4. The van der Waals surface area contributed by atoms with E-state index >= 15 is 0 Å². The zero-order chi connectivity index (χ0) is 13.8. The van der Waals surface area contributed by atoms with Gasteiger partial charge in [0.15, 0.2) is 0 Å². The van der Waals surface area contributed by atoms with Crippen LogP contribution in [0.2, 0.25) is 0 Å². The number of nitrogens with one attached hydrogen (secondary N) is 1. The van der Waals surface area contributed by atoms with Gasteiger partial charge in [0.05, 0.1) is 30.9 Å². The first-order valence-electron chi connectivity index (χ1n) is 6.80. The number of ether oxygens (including phenoxy) is 1. The van der Waals surface area contributed by atoms with Gasteiger partial charge in [0.25, 0.3) is 0 Å². The van der Waals surface area contributed by atoms with Gasteiger partial charge >= 0.3 is 0 Å². The number of aliphatic hydroxyl groups excluding tert-OH is 1. The van der Waals surface area contributed by atoms with Crippen molar-refractivity contribution in [2.24, 2.45) is 5.41 Å². The van der Waals surface area contributed by atoms with E-state index in [1.165, 1.54) is 5.56 Å². The summed E-state index contributed by atoms with van der Waals surface area (Å²) in [5.74, 6) is 0. The highest BCUT2D eigenvalue weighted by Crippen LogP contribution is 2.25. The Kier molecular flexibility index (Phi) is 3.82. The van der Waals surface area contributed by atoms with Crippen molar-refractivity contribution in [3.8, 4) is 5.69 Å². The van der Waals surface area contributed by atoms with Crippen molar-refractivity contribution in [2.75, 3.05) is 26.4 Å². The fourth-order valence-corrected chi connectivity index (χ4v) is 2.34. The molecule has 1 aliphatic rings. The van der Waals surface area contributed by atoms with E-state index in [1.807, 2.05) is 29.1 Å². The molecule has 3 rings (SSSR count). The molecule has 1 saturated heterocycles. The molecule has 0 spiro atoms. The van der Waals surface area contributed by atoms with Crippen LogP contribution in [0.3, 0.4) is 0 Å². The summed E-state index contributed by atoms with van der Waals surface area (Å²) in [5.41, 5.74) is 2.17.